The molecule has 96 valence electrons. The molecule has 0 unspecified atom stereocenters. The van der Waals surface area contributed by atoms with Crippen molar-refractivity contribution < 1.29 is 4.39 Å². The van der Waals surface area contributed by atoms with Crippen molar-refractivity contribution in [1.29, 1.82) is 0 Å². The lowest BCUT2D eigenvalue weighted by molar-refractivity contribution is 0.611. The van der Waals surface area contributed by atoms with E-state index in [1.165, 1.54) is 23.4 Å². The Kier molecular flexibility index (Phi) is 4.58. The number of halogens is 1. The molecular weight excluding hydrogens is 251 g/mol. The fourth-order valence-corrected chi connectivity index (χ4v) is 2.02. The number of hydrogen-bond donors (Lipinski definition) is 1. The number of nitrogens with zero attached hydrogens (tertiary/aromatic N) is 3. The average molecular weight is 266 g/mol. The molecule has 1 heterocycles. The van der Waals surface area contributed by atoms with E-state index < -0.39 is 0 Å². The van der Waals surface area contributed by atoms with Crippen molar-refractivity contribution in [2.75, 3.05) is 23.9 Å². The minimum atomic E-state index is -0.310. The molecule has 4 nitrogen and oxygen atoms in total. The highest BCUT2D eigenvalue weighted by molar-refractivity contribution is 7.98. The van der Waals surface area contributed by atoms with Gasteiger partial charge < -0.3 is 5.32 Å². The number of anilines is 1. The fourth-order valence-electron chi connectivity index (χ4n) is 1.58. The zero-order chi connectivity index (χ0) is 12.8. The van der Waals surface area contributed by atoms with Gasteiger partial charge in [0.2, 0.25) is 0 Å². The van der Waals surface area contributed by atoms with Crippen molar-refractivity contribution in [3.8, 4) is 5.69 Å². The van der Waals surface area contributed by atoms with Crippen LogP contribution in [0.2, 0.25) is 0 Å². The van der Waals surface area contributed by atoms with Crippen LogP contribution in [0.25, 0.3) is 5.69 Å². The molecule has 0 radical (unpaired) electrons. The van der Waals surface area contributed by atoms with Crippen LogP contribution in [0.3, 0.4) is 0 Å². The zero-order valence-electron chi connectivity index (χ0n) is 10.1. The third-order valence-electron chi connectivity index (χ3n) is 2.47. The van der Waals surface area contributed by atoms with Crippen molar-refractivity contribution in [2.24, 2.45) is 0 Å². The van der Waals surface area contributed by atoms with E-state index in [9.17, 15) is 4.39 Å². The third-order valence-corrected chi connectivity index (χ3v) is 3.16. The van der Waals surface area contributed by atoms with Gasteiger partial charge in [0.15, 0.2) is 5.82 Å². The minimum Gasteiger partial charge on any atom is -0.385 e. The number of benzene rings is 1. The van der Waals surface area contributed by atoms with Crippen LogP contribution in [0.4, 0.5) is 10.1 Å². The predicted molar refractivity (Wildman–Crippen MR) is 72.8 cm³/mol. The minimum absolute atomic E-state index is 0.310. The summed E-state index contributed by atoms with van der Waals surface area (Å²) in [6, 6.07) is 5.02. The van der Waals surface area contributed by atoms with Gasteiger partial charge in [-0.25, -0.2) is 14.1 Å². The Bertz CT molecular complexity index is 487. The predicted octanol–water partition coefficient (Wildman–Crippen LogP) is 2.57. The van der Waals surface area contributed by atoms with E-state index in [0.717, 1.165) is 24.4 Å². The van der Waals surface area contributed by atoms with Gasteiger partial charge in [-0.3, -0.25) is 0 Å². The molecule has 1 aromatic carbocycles. The summed E-state index contributed by atoms with van der Waals surface area (Å²) in [5.74, 6) is 0.794. The monoisotopic (exact) mass is 266 g/mol. The van der Waals surface area contributed by atoms with Crippen LogP contribution < -0.4 is 5.32 Å². The first-order valence-electron chi connectivity index (χ1n) is 5.68. The first-order valence-corrected chi connectivity index (χ1v) is 7.08. The number of hydrogen-bond acceptors (Lipinski definition) is 4. The van der Waals surface area contributed by atoms with Gasteiger partial charge in [0.05, 0.1) is 0 Å². The highest BCUT2D eigenvalue weighted by atomic mass is 32.2. The molecule has 0 bridgehead atoms. The van der Waals surface area contributed by atoms with E-state index in [1.807, 2.05) is 17.8 Å². The first-order chi connectivity index (χ1) is 8.81. The van der Waals surface area contributed by atoms with Gasteiger partial charge in [-0.2, -0.15) is 16.9 Å². The maximum absolute atomic E-state index is 13.9. The van der Waals surface area contributed by atoms with E-state index in [-0.39, 0.29) is 5.82 Å². The Labute approximate surface area is 110 Å². The van der Waals surface area contributed by atoms with Crippen molar-refractivity contribution in [2.45, 2.75) is 6.42 Å². The molecule has 18 heavy (non-hydrogen) atoms. The van der Waals surface area contributed by atoms with Gasteiger partial charge in [-0.05, 0) is 36.6 Å². The summed E-state index contributed by atoms with van der Waals surface area (Å²) in [5.41, 5.74) is 1.19. The molecular formula is C12H15FN4S. The van der Waals surface area contributed by atoms with Crippen LogP contribution in [0.1, 0.15) is 6.42 Å². The highest BCUT2D eigenvalue weighted by Crippen LogP contribution is 2.17. The van der Waals surface area contributed by atoms with E-state index in [0.29, 0.717) is 5.69 Å². The summed E-state index contributed by atoms with van der Waals surface area (Å²) >= 11 is 1.81. The molecule has 0 amide bonds. The maximum Gasteiger partial charge on any atom is 0.150 e. The Morgan fingerprint density at radius 3 is 3.00 bits per heavy atom. The number of aromatic nitrogens is 3. The zero-order valence-corrected chi connectivity index (χ0v) is 11.0. The van der Waals surface area contributed by atoms with Crippen molar-refractivity contribution in [3.05, 3.63) is 36.7 Å². The molecule has 0 saturated heterocycles. The normalized spacial score (nSPS) is 10.6. The second kappa shape index (κ2) is 6.39. The Hall–Kier alpha value is -1.56. The fraction of sp³-hybridized carbons (Fsp3) is 0.333. The average Bonchev–Trinajstić information content (AvgIpc) is 2.88. The quantitative estimate of drug-likeness (QED) is 0.816. The molecule has 1 N–H and O–H groups in total. The van der Waals surface area contributed by atoms with E-state index in [4.69, 9.17) is 0 Å². The summed E-state index contributed by atoms with van der Waals surface area (Å²) in [5, 5.41) is 7.10. The number of rotatable bonds is 6. The lowest BCUT2D eigenvalue weighted by Gasteiger charge is -2.08. The largest absolute Gasteiger partial charge is 0.385 e. The molecule has 0 aliphatic carbocycles. The highest BCUT2D eigenvalue weighted by Gasteiger charge is 2.05. The molecule has 0 spiro atoms. The topological polar surface area (TPSA) is 42.7 Å². The Morgan fingerprint density at radius 1 is 1.44 bits per heavy atom. The van der Waals surface area contributed by atoms with E-state index in [1.54, 1.807) is 6.07 Å². The summed E-state index contributed by atoms with van der Waals surface area (Å²) < 4.78 is 15.3. The number of thioether (sulfide) groups is 1. The number of nitrogens with one attached hydrogen (secondary N) is 1. The van der Waals surface area contributed by atoms with Crippen LogP contribution in [0.15, 0.2) is 30.9 Å². The van der Waals surface area contributed by atoms with E-state index >= 15 is 0 Å². The second-order valence-corrected chi connectivity index (χ2v) is 4.76. The van der Waals surface area contributed by atoms with Crippen LogP contribution in [0, 0.1) is 5.82 Å². The smallest absolute Gasteiger partial charge is 0.150 e. The SMILES string of the molecule is CSCCCNc1ccc(-n2cncn2)c(F)c1. The summed E-state index contributed by atoms with van der Waals surface area (Å²) in [4.78, 5) is 3.80. The molecule has 0 saturated carbocycles. The molecule has 2 aromatic rings. The van der Waals surface area contributed by atoms with Crippen LogP contribution in [-0.4, -0.2) is 33.3 Å². The van der Waals surface area contributed by atoms with Crippen LogP contribution in [-0.2, 0) is 0 Å². The van der Waals surface area contributed by atoms with Crippen LogP contribution in [0.5, 0.6) is 0 Å². The summed E-state index contributed by atoms with van der Waals surface area (Å²) in [7, 11) is 0. The van der Waals surface area contributed by atoms with Gasteiger partial charge >= 0.3 is 0 Å². The summed E-state index contributed by atoms with van der Waals surface area (Å²) in [6.45, 7) is 0.850. The second-order valence-electron chi connectivity index (χ2n) is 3.78. The molecule has 0 aliphatic rings. The van der Waals surface area contributed by atoms with Crippen molar-refractivity contribution in [3.63, 3.8) is 0 Å². The van der Waals surface area contributed by atoms with Crippen LogP contribution >= 0.6 is 11.8 Å². The lowest BCUT2D eigenvalue weighted by atomic mass is 10.2. The Morgan fingerprint density at radius 2 is 2.33 bits per heavy atom. The molecule has 0 fully saturated rings. The maximum atomic E-state index is 13.9. The van der Waals surface area contributed by atoms with Gasteiger partial charge in [0.25, 0.3) is 0 Å². The molecule has 0 atom stereocenters. The van der Waals surface area contributed by atoms with E-state index in [2.05, 4.69) is 21.7 Å². The van der Waals surface area contributed by atoms with Gasteiger partial charge in [-0.15, -0.1) is 0 Å². The first kappa shape index (κ1) is 12.9. The standard InChI is InChI=1S/C12H15FN4S/c1-18-6-2-5-15-10-3-4-12(11(13)7-10)17-9-14-8-16-17/h3-4,7-9,15H,2,5-6H2,1H3. The summed E-state index contributed by atoms with van der Waals surface area (Å²) in [6.07, 6.45) is 6.00. The third kappa shape index (κ3) is 3.22. The van der Waals surface area contributed by atoms with Gasteiger partial charge in [0.1, 0.15) is 18.3 Å². The molecule has 6 heteroatoms. The van der Waals surface area contributed by atoms with Crippen molar-refractivity contribution >= 4 is 17.4 Å². The molecule has 2 rings (SSSR count). The Balaban J connectivity index is 2.01. The molecule has 1 aromatic heterocycles. The van der Waals surface area contributed by atoms with Gasteiger partial charge in [-0.1, -0.05) is 0 Å². The van der Waals surface area contributed by atoms with Crippen molar-refractivity contribution in [1.82, 2.24) is 14.8 Å². The lowest BCUT2D eigenvalue weighted by Crippen LogP contribution is -2.04. The van der Waals surface area contributed by atoms with Gasteiger partial charge in [0, 0.05) is 12.2 Å². The molecule has 0 aliphatic heterocycles.